The summed E-state index contributed by atoms with van der Waals surface area (Å²) in [5, 5.41) is 10.9. The average Bonchev–Trinajstić information content (AvgIpc) is 3.46. The van der Waals surface area contributed by atoms with Crippen molar-refractivity contribution in [2.75, 3.05) is 37.7 Å². The topological polar surface area (TPSA) is 95.1 Å². The molecule has 0 saturated carbocycles. The first kappa shape index (κ1) is 30.2. The van der Waals surface area contributed by atoms with Gasteiger partial charge >= 0.3 is 18.2 Å². The Kier molecular flexibility index (Phi) is 8.48. The molecule has 0 bridgehead atoms. The van der Waals surface area contributed by atoms with E-state index in [0.29, 0.717) is 48.6 Å². The van der Waals surface area contributed by atoms with Crippen LogP contribution in [0.1, 0.15) is 12.0 Å². The van der Waals surface area contributed by atoms with E-state index in [-0.39, 0.29) is 29.5 Å². The summed E-state index contributed by atoms with van der Waals surface area (Å²) >= 11 is 0. The van der Waals surface area contributed by atoms with Crippen LogP contribution in [0.3, 0.4) is 0 Å². The Morgan fingerprint density at radius 1 is 0.933 bits per heavy atom. The van der Waals surface area contributed by atoms with Gasteiger partial charge < -0.3 is 29.2 Å². The maximum absolute atomic E-state index is 15.0. The molecule has 2 aliphatic heterocycles. The number of fused-ring (bicyclic) bond motifs is 1. The van der Waals surface area contributed by atoms with E-state index in [1.807, 2.05) is 24.3 Å². The molecule has 236 valence electrons. The maximum Gasteiger partial charge on any atom is 0.573 e. The van der Waals surface area contributed by atoms with Crippen molar-refractivity contribution < 1.29 is 36.7 Å². The second kappa shape index (κ2) is 12.6. The third-order valence-corrected chi connectivity index (χ3v) is 7.76. The maximum atomic E-state index is 15.0. The zero-order valence-electron chi connectivity index (χ0n) is 24.0. The predicted octanol–water partition coefficient (Wildman–Crippen LogP) is 6.05. The Morgan fingerprint density at radius 2 is 1.62 bits per heavy atom. The lowest BCUT2D eigenvalue weighted by molar-refractivity contribution is -0.389. The first-order chi connectivity index (χ1) is 21.6. The van der Waals surface area contributed by atoms with Crippen molar-refractivity contribution >= 4 is 11.5 Å². The van der Waals surface area contributed by atoms with Crippen molar-refractivity contribution in [3.05, 3.63) is 94.4 Å². The molecule has 2 aliphatic rings. The van der Waals surface area contributed by atoms with Gasteiger partial charge in [-0.3, -0.25) is 9.47 Å². The second-order valence-corrected chi connectivity index (χ2v) is 10.8. The number of aryl methyl sites for hydroxylation is 1. The molecule has 0 aliphatic carbocycles. The normalized spacial score (nSPS) is 17.0. The summed E-state index contributed by atoms with van der Waals surface area (Å²) in [5.74, 6) is -0.251. The molecule has 10 nitrogen and oxygen atoms in total. The van der Waals surface area contributed by atoms with Crippen LogP contribution >= 0.6 is 0 Å². The number of ether oxygens (including phenoxy) is 3. The molecule has 1 fully saturated rings. The molecule has 3 aromatic carbocycles. The zero-order valence-corrected chi connectivity index (χ0v) is 24.0. The van der Waals surface area contributed by atoms with Crippen molar-refractivity contribution in [2.45, 2.75) is 32.0 Å². The van der Waals surface area contributed by atoms with Gasteiger partial charge in [0.2, 0.25) is 0 Å². The van der Waals surface area contributed by atoms with E-state index in [0.717, 1.165) is 31.9 Å². The van der Waals surface area contributed by atoms with Crippen LogP contribution in [0.5, 0.6) is 17.5 Å². The number of piperazine rings is 1. The minimum absolute atomic E-state index is 0.225. The highest BCUT2D eigenvalue weighted by Gasteiger charge is 2.31. The summed E-state index contributed by atoms with van der Waals surface area (Å²) in [6.07, 6.45) is -3.01. The molecule has 0 radical (unpaired) electrons. The van der Waals surface area contributed by atoms with E-state index < -0.39 is 11.3 Å². The van der Waals surface area contributed by atoms with Crippen LogP contribution in [0.15, 0.2) is 72.9 Å². The lowest BCUT2D eigenvalue weighted by Gasteiger charge is -2.36. The Morgan fingerprint density at radius 3 is 2.29 bits per heavy atom. The minimum Gasteiger partial charge on any atom is -0.490 e. The quantitative estimate of drug-likeness (QED) is 0.126. The fraction of sp³-hybridized carbons (Fsp3) is 0.323. The lowest BCUT2D eigenvalue weighted by atomic mass is 10.0. The van der Waals surface area contributed by atoms with Gasteiger partial charge in [0.1, 0.15) is 36.2 Å². The van der Waals surface area contributed by atoms with Gasteiger partial charge in [-0.15, -0.1) is 13.2 Å². The van der Waals surface area contributed by atoms with Crippen LogP contribution in [-0.4, -0.2) is 64.6 Å². The number of hydrogen-bond acceptors (Lipinski definition) is 8. The molecule has 1 unspecified atom stereocenters. The summed E-state index contributed by atoms with van der Waals surface area (Å²) in [6.45, 7) is 4.32. The molecule has 1 saturated heterocycles. The first-order valence-corrected chi connectivity index (χ1v) is 14.3. The molecule has 0 spiro atoms. The molecule has 4 aromatic rings. The number of aromatic nitrogens is 2. The first-order valence-electron chi connectivity index (χ1n) is 14.3. The molecule has 45 heavy (non-hydrogen) atoms. The van der Waals surface area contributed by atoms with Crippen molar-refractivity contribution in [3.63, 3.8) is 0 Å². The van der Waals surface area contributed by atoms with E-state index in [9.17, 15) is 27.7 Å². The number of imidazole rings is 1. The fourth-order valence-corrected chi connectivity index (χ4v) is 5.39. The molecular weight excluding hydrogens is 598 g/mol. The highest BCUT2D eigenvalue weighted by Crippen LogP contribution is 2.29. The highest BCUT2D eigenvalue weighted by molar-refractivity contribution is 5.64. The minimum atomic E-state index is -4.77. The van der Waals surface area contributed by atoms with Crippen LogP contribution in [0.4, 0.5) is 29.1 Å². The van der Waals surface area contributed by atoms with Crippen molar-refractivity contribution in [1.82, 2.24) is 14.5 Å². The van der Waals surface area contributed by atoms with E-state index >= 15 is 0 Å². The van der Waals surface area contributed by atoms with Gasteiger partial charge in [0.15, 0.2) is 0 Å². The number of anilines is 1. The average molecular weight is 628 g/mol. The molecule has 6 rings (SSSR count). The second-order valence-electron chi connectivity index (χ2n) is 10.8. The number of halogens is 4. The monoisotopic (exact) mass is 627 g/mol. The summed E-state index contributed by atoms with van der Waals surface area (Å²) in [4.78, 5) is 18.7. The van der Waals surface area contributed by atoms with Crippen LogP contribution in [0.25, 0.3) is 11.1 Å². The van der Waals surface area contributed by atoms with Crippen LogP contribution < -0.4 is 19.1 Å². The SMILES string of the molecule is O=[N+]([O-])c1cn2c(n1)OC(COc1ccc(N3CCN(Cc4ccc(-c5ccc(OC(F)(F)F)cc5)cc4F)CC3)cc1)CC2. The molecule has 3 heterocycles. The molecule has 1 atom stereocenters. The van der Waals surface area contributed by atoms with Crippen LogP contribution in [-0.2, 0) is 13.1 Å². The van der Waals surface area contributed by atoms with Gasteiger partial charge in [-0.1, -0.05) is 24.3 Å². The molecule has 0 amide bonds. The third kappa shape index (κ3) is 7.45. The lowest BCUT2D eigenvalue weighted by Crippen LogP contribution is -2.46. The largest absolute Gasteiger partial charge is 0.573 e. The van der Waals surface area contributed by atoms with Gasteiger partial charge in [-0.05, 0) is 58.5 Å². The van der Waals surface area contributed by atoms with Crippen LogP contribution in [0.2, 0.25) is 0 Å². The number of alkyl halides is 3. The Bertz CT molecular complexity index is 1640. The van der Waals surface area contributed by atoms with Crippen molar-refractivity contribution in [2.24, 2.45) is 0 Å². The van der Waals surface area contributed by atoms with Gasteiger partial charge in [0.05, 0.1) is 0 Å². The highest BCUT2D eigenvalue weighted by atomic mass is 19.4. The summed E-state index contributed by atoms with van der Waals surface area (Å²) < 4.78 is 69.4. The predicted molar refractivity (Wildman–Crippen MR) is 156 cm³/mol. The van der Waals surface area contributed by atoms with Gasteiger partial charge in [-0.25, -0.2) is 4.39 Å². The van der Waals surface area contributed by atoms with Crippen molar-refractivity contribution in [1.29, 1.82) is 0 Å². The number of nitrogens with zero attached hydrogens (tertiary/aromatic N) is 5. The number of hydrogen-bond donors (Lipinski definition) is 0. The number of nitro groups is 1. The number of rotatable bonds is 9. The van der Waals surface area contributed by atoms with E-state index in [1.54, 1.807) is 16.7 Å². The molecule has 1 aromatic heterocycles. The summed E-state index contributed by atoms with van der Waals surface area (Å²) in [7, 11) is 0. The zero-order chi connectivity index (χ0) is 31.6. The smallest absolute Gasteiger partial charge is 0.490 e. The Labute approximate surface area is 255 Å². The van der Waals surface area contributed by atoms with Gasteiger partial charge in [0, 0.05) is 61.9 Å². The van der Waals surface area contributed by atoms with Crippen molar-refractivity contribution in [3.8, 4) is 28.6 Å². The molecular formula is C31H29F4N5O5. The Balaban J connectivity index is 0.964. The van der Waals surface area contributed by atoms with Gasteiger partial charge in [-0.2, -0.15) is 0 Å². The molecule has 14 heteroatoms. The van der Waals surface area contributed by atoms with Gasteiger partial charge in [0.25, 0.3) is 0 Å². The van der Waals surface area contributed by atoms with E-state index in [2.05, 4.69) is 19.5 Å². The fourth-order valence-electron chi connectivity index (χ4n) is 5.39. The molecule has 0 N–H and O–H groups in total. The number of benzene rings is 3. The third-order valence-electron chi connectivity index (χ3n) is 7.76. The van der Waals surface area contributed by atoms with Crippen LogP contribution in [0, 0.1) is 15.9 Å². The summed E-state index contributed by atoms with van der Waals surface area (Å²) in [6, 6.07) is 18.2. The summed E-state index contributed by atoms with van der Waals surface area (Å²) in [5.41, 5.74) is 2.75. The van der Waals surface area contributed by atoms with E-state index in [1.165, 1.54) is 36.5 Å². The Hall–Kier alpha value is -4.85. The van der Waals surface area contributed by atoms with E-state index in [4.69, 9.17) is 9.47 Å². The standard InChI is InChI=1S/C31H29F4N5O5/c32-28-17-22(21-3-7-26(8-4-21)45-31(33,34)35)1-2-23(28)18-37-13-15-38(16-14-37)24-5-9-25(10-6-24)43-20-27-11-12-39-19-29(40(41)42)36-30(39)44-27/h1-10,17,19,27H,11-16,18,20H2.